The van der Waals surface area contributed by atoms with Crippen LogP contribution < -0.4 is 14.9 Å². The van der Waals surface area contributed by atoms with Gasteiger partial charge >= 0.3 is 0 Å². The molecule has 0 unspecified atom stereocenters. The third kappa shape index (κ3) is 5.40. The number of hydrogen-bond acceptors (Lipinski definition) is 4. The lowest BCUT2D eigenvalue weighted by Crippen LogP contribution is -2.24. The zero-order chi connectivity index (χ0) is 17.5. The monoisotopic (exact) mass is 430 g/mol. The number of hydrogen-bond donors (Lipinski definition) is 1. The van der Waals surface area contributed by atoms with Gasteiger partial charge in [0, 0.05) is 15.1 Å². The maximum Gasteiger partial charge on any atom is 0.277 e. The summed E-state index contributed by atoms with van der Waals surface area (Å²) < 4.78 is 11.4. The Bertz CT molecular complexity index is 752. The van der Waals surface area contributed by atoms with Crippen molar-refractivity contribution < 1.29 is 14.3 Å². The fourth-order valence-corrected chi connectivity index (χ4v) is 2.63. The second-order valence-corrected chi connectivity index (χ2v) is 6.31. The van der Waals surface area contributed by atoms with Gasteiger partial charge in [-0.05, 0) is 36.4 Å². The number of rotatable bonds is 6. The molecule has 0 saturated heterocycles. The second-order valence-electron chi connectivity index (χ2n) is 4.55. The molecule has 0 heterocycles. The predicted molar refractivity (Wildman–Crippen MR) is 98.4 cm³/mol. The average Bonchev–Trinajstić information content (AvgIpc) is 2.54. The molecule has 5 nitrogen and oxygen atoms in total. The highest BCUT2D eigenvalue weighted by molar-refractivity contribution is 9.10. The predicted octanol–water partition coefficient (Wildman–Crippen LogP) is 4.29. The van der Waals surface area contributed by atoms with E-state index in [1.807, 2.05) is 12.1 Å². The maximum atomic E-state index is 11.7. The van der Waals surface area contributed by atoms with Gasteiger partial charge in [0.25, 0.3) is 5.91 Å². The average molecular weight is 432 g/mol. The first kappa shape index (κ1) is 18.6. The molecule has 0 bridgehead atoms. The fourth-order valence-electron chi connectivity index (χ4n) is 1.78. The van der Waals surface area contributed by atoms with Gasteiger partial charge < -0.3 is 9.47 Å². The first-order valence-corrected chi connectivity index (χ1v) is 8.28. The van der Waals surface area contributed by atoms with Crippen molar-refractivity contribution in [1.29, 1.82) is 0 Å². The highest BCUT2D eigenvalue weighted by Crippen LogP contribution is 2.31. The molecule has 0 aromatic heterocycles. The van der Waals surface area contributed by atoms with Crippen LogP contribution in [0, 0.1) is 0 Å². The summed E-state index contributed by atoms with van der Waals surface area (Å²) in [5.41, 5.74) is 2.90. The number of nitrogens with zero attached hydrogens (tertiary/aromatic N) is 1. The number of carbonyl (C=O) groups is 1. The molecule has 0 radical (unpaired) electrons. The number of hydrazone groups is 1. The topological polar surface area (TPSA) is 59.9 Å². The first-order chi connectivity index (χ1) is 11.5. The van der Waals surface area contributed by atoms with Crippen molar-refractivity contribution in [2.75, 3.05) is 13.7 Å². The van der Waals surface area contributed by atoms with E-state index >= 15 is 0 Å². The number of amides is 1. The summed E-state index contributed by atoms with van der Waals surface area (Å²) in [4.78, 5) is 11.7. The SMILES string of the molecule is COc1c(Cl)cc(Cl)cc1/C=N\NC(=O)COc1ccc(Br)cc1. The normalized spacial score (nSPS) is 10.7. The van der Waals surface area contributed by atoms with Crippen LogP contribution in [0.25, 0.3) is 0 Å². The van der Waals surface area contributed by atoms with Crippen LogP contribution in [0.2, 0.25) is 10.0 Å². The summed E-state index contributed by atoms with van der Waals surface area (Å²) in [5, 5.41) is 4.64. The lowest BCUT2D eigenvalue weighted by atomic mass is 10.2. The van der Waals surface area contributed by atoms with Crippen LogP contribution >= 0.6 is 39.1 Å². The highest BCUT2D eigenvalue weighted by atomic mass is 79.9. The Labute approximate surface area is 157 Å². The van der Waals surface area contributed by atoms with E-state index in [9.17, 15) is 4.79 Å². The molecule has 0 saturated carbocycles. The molecule has 0 aliphatic heterocycles. The molecule has 1 N–H and O–H groups in total. The smallest absolute Gasteiger partial charge is 0.277 e. The second kappa shape index (κ2) is 8.92. The number of nitrogens with one attached hydrogen (secondary N) is 1. The molecule has 2 rings (SSSR count). The van der Waals surface area contributed by atoms with Crippen molar-refractivity contribution in [3.05, 3.63) is 56.5 Å². The Morgan fingerprint density at radius 2 is 2.00 bits per heavy atom. The van der Waals surface area contributed by atoms with E-state index in [1.54, 1.807) is 24.3 Å². The summed E-state index contributed by atoms with van der Waals surface area (Å²) >= 11 is 15.3. The third-order valence-corrected chi connectivity index (χ3v) is 3.85. The molecule has 2 aromatic rings. The van der Waals surface area contributed by atoms with Crippen molar-refractivity contribution in [3.63, 3.8) is 0 Å². The molecular weight excluding hydrogens is 419 g/mol. The summed E-state index contributed by atoms with van der Waals surface area (Å²) in [6.07, 6.45) is 1.40. The maximum absolute atomic E-state index is 11.7. The largest absolute Gasteiger partial charge is 0.495 e. The molecule has 0 aliphatic carbocycles. The van der Waals surface area contributed by atoms with Crippen molar-refractivity contribution in [2.45, 2.75) is 0 Å². The van der Waals surface area contributed by atoms with Gasteiger partial charge in [0.15, 0.2) is 6.61 Å². The van der Waals surface area contributed by atoms with Crippen molar-refractivity contribution >= 4 is 51.3 Å². The summed E-state index contributed by atoms with van der Waals surface area (Å²) in [5.74, 6) is 0.604. The van der Waals surface area contributed by atoms with Gasteiger partial charge in [-0.2, -0.15) is 5.10 Å². The molecule has 126 valence electrons. The van der Waals surface area contributed by atoms with Gasteiger partial charge in [0.1, 0.15) is 11.5 Å². The molecular formula is C16H13BrCl2N2O3. The number of carbonyl (C=O) groups excluding carboxylic acids is 1. The summed E-state index contributed by atoms with van der Waals surface area (Å²) in [6, 6.07) is 10.3. The summed E-state index contributed by atoms with van der Waals surface area (Å²) in [7, 11) is 1.48. The number of methoxy groups -OCH3 is 1. The number of halogens is 3. The molecule has 0 atom stereocenters. The van der Waals surface area contributed by atoms with E-state index in [-0.39, 0.29) is 6.61 Å². The van der Waals surface area contributed by atoms with Crippen LogP contribution in [0.3, 0.4) is 0 Å². The molecule has 2 aromatic carbocycles. The minimum Gasteiger partial charge on any atom is -0.495 e. The minimum atomic E-state index is -0.402. The number of benzene rings is 2. The Kier molecular flexibility index (Phi) is 6.90. The van der Waals surface area contributed by atoms with E-state index in [1.165, 1.54) is 13.3 Å². The van der Waals surface area contributed by atoms with Gasteiger partial charge in [-0.1, -0.05) is 39.1 Å². The third-order valence-electron chi connectivity index (χ3n) is 2.82. The van der Waals surface area contributed by atoms with Gasteiger partial charge in [0.2, 0.25) is 0 Å². The number of ether oxygens (including phenoxy) is 2. The van der Waals surface area contributed by atoms with Crippen LogP contribution in [0.15, 0.2) is 46.0 Å². The van der Waals surface area contributed by atoms with Crippen molar-refractivity contribution in [3.8, 4) is 11.5 Å². The lowest BCUT2D eigenvalue weighted by molar-refractivity contribution is -0.123. The Hall–Kier alpha value is -1.76. The molecule has 24 heavy (non-hydrogen) atoms. The Morgan fingerprint density at radius 1 is 1.29 bits per heavy atom. The van der Waals surface area contributed by atoms with Gasteiger partial charge in [0.05, 0.1) is 18.3 Å². The molecule has 0 aliphatic rings. The first-order valence-electron chi connectivity index (χ1n) is 6.73. The Balaban J connectivity index is 1.91. The van der Waals surface area contributed by atoms with Gasteiger partial charge in [-0.3, -0.25) is 4.79 Å². The zero-order valence-electron chi connectivity index (χ0n) is 12.6. The molecule has 0 spiro atoms. The van der Waals surface area contributed by atoms with Gasteiger partial charge in [-0.15, -0.1) is 0 Å². The zero-order valence-corrected chi connectivity index (χ0v) is 15.7. The van der Waals surface area contributed by atoms with E-state index in [0.29, 0.717) is 27.1 Å². The quantitative estimate of drug-likeness (QED) is 0.548. The summed E-state index contributed by atoms with van der Waals surface area (Å²) in [6.45, 7) is -0.160. The molecule has 1 amide bonds. The van der Waals surface area contributed by atoms with Crippen LogP contribution in [0.1, 0.15) is 5.56 Å². The standard InChI is InChI=1S/C16H13BrCl2N2O3/c1-23-16-10(6-12(18)7-14(16)19)8-20-21-15(22)9-24-13-4-2-11(17)3-5-13/h2-8H,9H2,1H3,(H,21,22)/b20-8-. The van der Waals surface area contributed by atoms with Crippen molar-refractivity contribution in [2.24, 2.45) is 5.10 Å². The van der Waals surface area contributed by atoms with E-state index in [4.69, 9.17) is 32.7 Å². The van der Waals surface area contributed by atoms with Gasteiger partial charge in [-0.25, -0.2) is 5.43 Å². The van der Waals surface area contributed by atoms with Crippen LogP contribution in [0.4, 0.5) is 0 Å². The van der Waals surface area contributed by atoms with Crippen LogP contribution in [-0.2, 0) is 4.79 Å². The highest BCUT2D eigenvalue weighted by Gasteiger charge is 2.08. The van der Waals surface area contributed by atoms with Crippen LogP contribution in [0.5, 0.6) is 11.5 Å². The lowest BCUT2D eigenvalue weighted by Gasteiger charge is -2.07. The fraction of sp³-hybridized carbons (Fsp3) is 0.125. The molecule has 0 fully saturated rings. The van der Waals surface area contributed by atoms with Crippen molar-refractivity contribution in [1.82, 2.24) is 5.43 Å². The van der Waals surface area contributed by atoms with E-state index < -0.39 is 5.91 Å². The van der Waals surface area contributed by atoms with E-state index in [0.717, 1.165) is 4.47 Å². The molecule has 8 heteroatoms. The van der Waals surface area contributed by atoms with E-state index in [2.05, 4.69) is 26.5 Å². The minimum absolute atomic E-state index is 0.160. The van der Waals surface area contributed by atoms with Crippen LogP contribution in [-0.4, -0.2) is 25.8 Å². The Morgan fingerprint density at radius 3 is 2.67 bits per heavy atom.